The van der Waals surface area contributed by atoms with E-state index in [1.807, 2.05) is 20.8 Å². The van der Waals surface area contributed by atoms with Crippen LogP contribution in [-0.4, -0.2) is 30.8 Å². The topological polar surface area (TPSA) is 87.7 Å². The molecule has 0 radical (unpaired) electrons. The van der Waals surface area contributed by atoms with Crippen LogP contribution in [0.1, 0.15) is 31.1 Å². The Morgan fingerprint density at radius 3 is 2.45 bits per heavy atom. The summed E-state index contributed by atoms with van der Waals surface area (Å²) in [5.74, 6) is -0.878. The summed E-state index contributed by atoms with van der Waals surface area (Å²) in [4.78, 5) is 22.6. The molecule has 0 atom stereocenters. The summed E-state index contributed by atoms with van der Waals surface area (Å²) in [6.07, 6.45) is 0. The molecule has 0 saturated heterocycles. The predicted molar refractivity (Wildman–Crippen MR) is 76.4 cm³/mol. The van der Waals surface area contributed by atoms with E-state index in [1.165, 1.54) is 25.3 Å². The smallest absolute Gasteiger partial charge is 0.339 e. The van der Waals surface area contributed by atoms with Crippen molar-refractivity contribution >= 4 is 17.7 Å². The summed E-state index contributed by atoms with van der Waals surface area (Å²) < 4.78 is 4.99. The molecular formula is C14H20N2O4. The lowest BCUT2D eigenvalue weighted by molar-refractivity contribution is 0.0693. The van der Waals surface area contributed by atoms with Crippen LogP contribution >= 0.6 is 0 Å². The molecule has 0 bridgehead atoms. The lowest BCUT2D eigenvalue weighted by atomic mass is 9.97. The molecule has 0 saturated carbocycles. The van der Waals surface area contributed by atoms with Gasteiger partial charge < -0.3 is 20.5 Å². The maximum atomic E-state index is 11.7. The number of amides is 2. The summed E-state index contributed by atoms with van der Waals surface area (Å²) in [7, 11) is 1.38. The molecule has 2 amide bonds. The maximum Gasteiger partial charge on any atom is 0.339 e. The van der Waals surface area contributed by atoms with Crippen molar-refractivity contribution in [1.29, 1.82) is 0 Å². The van der Waals surface area contributed by atoms with Gasteiger partial charge in [0.2, 0.25) is 0 Å². The molecule has 110 valence electrons. The van der Waals surface area contributed by atoms with Gasteiger partial charge in [-0.2, -0.15) is 0 Å². The molecule has 6 nitrogen and oxygen atoms in total. The van der Waals surface area contributed by atoms with Crippen LogP contribution < -0.4 is 15.4 Å². The Balaban J connectivity index is 2.74. The highest BCUT2D eigenvalue weighted by molar-refractivity contribution is 5.94. The zero-order chi connectivity index (χ0) is 15.3. The van der Waals surface area contributed by atoms with Crippen LogP contribution in [0.25, 0.3) is 0 Å². The Morgan fingerprint density at radius 2 is 1.95 bits per heavy atom. The highest BCUT2D eigenvalue weighted by Gasteiger charge is 2.14. The Morgan fingerprint density at radius 1 is 1.30 bits per heavy atom. The number of ether oxygens (including phenoxy) is 1. The molecule has 0 spiro atoms. The molecule has 0 aliphatic rings. The number of aromatic carboxylic acids is 1. The van der Waals surface area contributed by atoms with E-state index in [0.29, 0.717) is 12.2 Å². The van der Waals surface area contributed by atoms with E-state index >= 15 is 0 Å². The fourth-order valence-electron chi connectivity index (χ4n) is 1.47. The molecule has 3 N–H and O–H groups in total. The van der Waals surface area contributed by atoms with Gasteiger partial charge in [0, 0.05) is 18.3 Å². The number of hydrogen-bond acceptors (Lipinski definition) is 3. The van der Waals surface area contributed by atoms with Crippen LogP contribution in [0, 0.1) is 5.41 Å². The van der Waals surface area contributed by atoms with Crippen molar-refractivity contribution in [3.63, 3.8) is 0 Å². The molecule has 1 aromatic rings. The minimum atomic E-state index is -1.08. The first-order valence-corrected chi connectivity index (χ1v) is 6.19. The summed E-state index contributed by atoms with van der Waals surface area (Å²) in [6, 6.07) is 4.04. The first-order chi connectivity index (χ1) is 9.23. The zero-order valence-corrected chi connectivity index (χ0v) is 12.1. The van der Waals surface area contributed by atoms with Crippen molar-refractivity contribution in [2.45, 2.75) is 20.8 Å². The van der Waals surface area contributed by atoms with Gasteiger partial charge in [0.1, 0.15) is 11.3 Å². The van der Waals surface area contributed by atoms with E-state index in [4.69, 9.17) is 9.84 Å². The van der Waals surface area contributed by atoms with Crippen molar-refractivity contribution in [3.05, 3.63) is 23.8 Å². The third-order valence-corrected chi connectivity index (χ3v) is 2.47. The normalized spacial score (nSPS) is 10.8. The molecule has 20 heavy (non-hydrogen) atoms. The number of benzene rings is 1. The quantitative estimate of drug-likeness (QED) is 0.791. The molecule has 0 aliphatic heterocycles. The van der Waals surface area contributed by atoms with E-state index in [-0.39, 0.29) is 22.8 Å². The maximum absolute atomic E-state index is 11.7. The molecule has 1 rings (SSSR count). The SMILES string of the molecule is COc1cc(NC(=O)NCC(C)(C)C)ccc1C(=O)O. The fourth-order valence-corrected chi connectivity index (χ4v) is 1.47. The number of nitrogens with one attached hydrogen (secondary N) is 2. The van der Waals surface area contributed by atoms with Crippen LogP contribution in [0.4, 0.5) is 10.5 Å². The van der Waals surface area contributed by atoms with Gasteiger partial charge in [-0.1, -0.05) is 20.8 Å². The van der Waals surface area contributed by atoms with Crippen LogP contribution in [0.3, 0.4) is 0 Å². The number of urea groups is 1. The van der Waals surface area contributed by atoms with Gasteiger partial charge in [0.05, 0.1) is 7.11 Å². The number of rotatable bonds is 4. The molecule has 0 unspecified atom stereocenters. The Kier molecular flexibility index (Phi) is 4.96. The largest absolute Gasteiger partial charge is 0.496 e. The number of anilines is 1. The highest BCUT2D eigenvalue weighted by atomic mass is 16.5. The van der Waals surface area contributed by atoms with Gasteiger partial charge in [0.25, 0.3) is 0 Å². The lowest BCUT2D eigenvalue weighted by Gasteiger charge is -2.19. The number of carbonyl (C=O) groups is 2. The Bertz CT molecular complexity index is 506. The van der Waals surface area contributed by atoms with Crippen LogP contribution in [0.15, 0.2) is 18.2 Å². The summed E-state index contributed by atoms with van der Waals surface area (Å²) in [6.45, 7) is 6.57. The third kappa shape index (κ3) is 4.79. The Labute approximate surface area is 118 Å². The predicted octanol–water partition coefficient (Wildman–Crippen LogP) is 2.56. The second-order valence-corrected chi connectivity index (χ2v) is 5.59. The first kappa shape index (κ1) is 15.8. The molecule has 0 aliphatic carbocycles. The van der Waals surface area contributed by atoms with Crippen molar-refractivity contribution in [2.75, 3.05) is 19.0 Å². The number of carboxylic acid groups (broad SMARTS) is 1. The van der Waals surface area contributed by atoms with E-state index in [0.717, 1.165) is 0 Å². The van der Waals surface area contributed by atoms with Crippen molar-refractivity contribution in [2.24, 2.45) is 5.41 Å². The Hall–Kier alpha value is -2.24. The second kappa shape index (κ2) is 6.27. The monoisotopic (exact) mass is 280 g/mol. The van der Waals surface area contributed by atoms with Gasteiger partial charge in [0.15, 0.2) is 0 Å². The van der Waals surface area contributed by atoms with Crippen molar-refractivity contribution in [1.82, 2.24) is 5.32 Å². The number of hydrogen-bond donors (Lipinski definition) is 3. The van der Waals surface area contributed by atoms with Gasteiger partial charge in [-0.25, -0.2) is 9.59 Å². The number of carboxylic acids is 1. The highest BCUT2D eigenvalue weighted by Crippen LogP contribution is 2.23. The van der Waals surface area contributed by atoms with Gasteiger partial charge in [-0.15, -0.1) is 0 Å². The average molecular weight is 280 g/mol. The minimum Gasteiger partial charge on any atom is -0.496 e. The zero-order valence-electron chi connectivity index (χ0n) is 12.1. The van der Waals surface area contributed by atoms with E-state index < -0.39 is 5.97 Å². The van der Waals surface area contributed by atoms with Crippen LogP contribution in [0.2, 0.25) is 0 Å². The minimum absolute atomic E-state index is 0.0117. The number of methoxy groups -OCH3 is 1. The second-order valence-electron chi connectivity index (χ2n) is 5.59. The van der Waals surface area contributed by atoms with Crippen LogP contribution in [0.5, 0.6) is 5.75 Å². The van der Waals surface area contributed by atoms with Gasteiger partial charge in [-0.05, 0) is 17.5 Å². The average Bonchev–Trinajstić information content (AvgIpc) is 2.35. The summed E-state index contributed by atoms with van der Waals surface area (Å²) in [5, 5.41) is 14.3. The van der Waals surface area contributed by atoms with E-state index in [1.54, 1.807) is 0 Å². The molecular weight excluding hydrogens is 260 g/mol. The van der Waals surface area contributed by atoms with Gasteiger partial charge in [-0.3, -0.25) is 0 Å². The number of carbonyl (C=O) groups excluding carboxylic acids is 1. The standard InChI is InChI=1S/C14H20N2O4/c1-14(2,3)8-15-13(19)16-9-5-6-10(12(17)18)11(7-9)20-4/h5-7H,8H2,1-4H3,(H,17,18)(H2,15,16,19). The van der Waals surface area contributed by atoms with Crippen molar-refractivity contribution in [3.8, 4) is 5.75 Å². The molecule has 0 heterocycles. The fraction of sp³-hybridized carbons (Fsp3) is 0.429. The third-order valence-electron chi connectivity index (χ3n) is 2.47. The molecule has 0 fully saturated rings. The lowest BCUT2D eigenvalue weighted by Crippen LogP contribution is -2.35. The van der Waals surface area contributed by atoms with E-state index in [2.05, 4.69) is 10.6 Å². The molecule has 6 heteroatoms. The van der Waals surface area contributed by atoms with E-state index in [9.17, 15) is 9.59 Å². The summed E-state index contributed by atoms with van der Waals surface area (Å²) in [5.41, 5.74) is 0.508. The summed E-state index contributed by atoms with van der Waals surface area (Å²) >= 11 is 0. The first-order valence-electron chi connectivity index (χ1n) is 6.19. The van der Waals surface area contributed by atoms with Crippen molar-refractivity contribution < 1.29 is 19.4 Å². The van der Waals surface area contributed by atoms with Crippen LogP contribution in [-0.2, 0) is 0 Å². The molecule has 0 aromatic heterocycles. The molecule has 1 aromatic carbocycles. The van der Waals surface area contributed by atoms with Gasteiger partial charge >= 0.3 is 12.0 Å².